The summed E-state index contributed by atoms with van der Waals surface area (Å²) >= 11 is 8.66. The van der Waals surface area contributed by atoms with Crippen molar-refractivity contribution >= 4 is 44.7 Å². The van der Waals surface area contributed by atoms with E-state index in [9.17, 15) is 4.79 Å². The molecule has 21 heavy (non-hydrogen) atoms. The summed E-state index contributed by atoms with van der Waals surface area (Å²) in [6, 6.07) is 5.73. The monoisotopic (exact) mass is 370 g/mol. The molecule has 5 heteroatoms. The predicted molar refractivity (Wildman–Crippen MR) is 96.5 cm³/mol. The molecular formula is C16H23BrN2OS. The minimum absolute atomic E-state index is 0.0968. The smallest absolute Gasteiger partial charge is 0.237 e. The molecule has 0 aliphatic carbocycles. The topological polar surface area (TPSA) is 55.1 Å². The second kappa shape index (κ2) is 7.90. The van der Waals surface area contributed by atoms with Crippen LogP contribution in [0.1, 0.15) is 45.1 Å². The van der Waals surface area contributed by atoms with E-state index >= 15 is 0 Å². The molecule has 0 radical (unpaired) electrons. The van der Waals surface area contributed by atoms with Crippen LogP contribution in [0.2, 0.25) is 0 Å². The summed E-state index contributed by atoms with van der Waals surface area (Å²) in [7, 11) is 0. The molecular weight excluding hydrogens is 348 g/mol. The molecule has 3 N–H and O–H groups in total. The maximum atomic E-state index is 12.8. The maximum Gasteiger partial charge on any atom is 0.237 e. The van der Waals surface area contributed by atoms with Crippen LogP contribution in [0.3, 0.4) is 0 Å². The zero-order chi connectivity index (χ0) is 16.0. The molecule has 0 aliphatic rings. The van der Waals surface area contributed by atoms with Gasteiger partial charge in [0.05, 0.1) is 10.4 Å². The van der Waals surface area contributed by atoms with Gasteiger partial charge >= 0.3 is 0 Å². The number of benzene rings is 1. The Morgan fingerprint density at radius 1 is 1.33 bits per heavy atom. The number of nitrogens with one attached hydrogen (secondary N) is 1. The first-order chi connectivity index (χ1) is 9.87. The highest BCUT2D eigenvalue weighted by atomic mass is 79.9. The lowest BCUT2D eigenvalue weighted by Crippen LogP contribution is -2.46. The molecule has 1 rings (SSSR count). The average molecular weight is 371 g/mol. The van der Waals surface area contributed by atoms with Gasteiger partial charge in [-0.15, -0.1) is 0 Å². The van der Waals surface area contributed by atoms with Crippen LogP contribution in [-0.2, 0) is 4.79 Å². The summed E-state index contributed by atoms with van der Waals surface area (Å²) in [4.78, 5) is 13.1. The Bertz CT molecular complexity index is 525. The SMILES string of the molecule is CCCC(CCC)(C(=O)Nc1ccc(Br)c(C)c1)C(N)=S. The summed E-state index contributed by atoms with van der Waals surface area (Å²) < 4.78 is 1.02. The Morgan fingerprint density at radius 2 is 1.90 bits per heavy atom. The van der Waals surface area contributed by atoms with Crippen molar-refractivity contribution in [3.05, 3.63) is 28.2 Å². The molecule has 0 saturated heterocycles. The van der Waals surface area contributed by atoms with E-state index in [2.05, 4.69) is 21.2 Å². The molecule has 0 aliphatic heterocycles. The fourth-order valence-corrected chi connectivity index (χ4v) is 3.08. The van der Waals surface area contributed by atoms with Gasteiger partial charge < -0.3 is 11.1 Å². The van der Waals surface area contributed by atoms with Gasteiger partial charge in [-0.3, -0.25) is 4.79 Å². The molecule has 0 atom stereocenters. The first-order valence-electron chi connectivity index (χ1n) is 7.25. The summed E-state index contributed by atoms with van der Waals surface area (Å²) in [6.45, 7) is 6.07. The fraction of sp³-hybridized carbons (Fsp3) is 0.500. The minimum Gasteiger partial charge on any atom is -0.392 e. The van der Waals surface area contributed by atoms with Crippen LogP contribution in [0.4, 0.5) is 5.69 Å². The van der Waals surface area contributed by atoms with E-state index in [1.165, 1.54) is 0 Å². The lowest BCUT2D eigenvalue weighted by Gasteiger charge is -2.31. The van der Waals surface area contributed by atoms with Gasteiger partial charge in [0.15, 0.2) is 0 Å². The second-order valence-corrected chi connectivity index (χ2v) is 6.66. The van der Waals surface area contributed by atoms with Crippen LogP contribution in [0, 0.1) is 12.3 Å². The molecule has 1 aromatic carbocycles. The lowest BCUT2D eigenvalue weighted by atomic mass is 9.78. The van der Waals surface area contributed by atoms with Crippen molar-refractivity contribution in [3.63, 3.8) is 0 Å². The third-order valence-electron chi connectivity index (χ3n) is 3.68. The van der Waals surface area contributed by atoms with E-state index in [-0.39, 0.29) is 10.9 Å². The standard InChI is InChI=1S/C16H23BrN2OS/c1-4-8-16(9-5-2,14(18)21)15(20)19-12-6-7-13(17)11(3)10-12/h6-7,10H,4-5,8-9H2,1-3H3,(H2,18,21)(H,19,20). The van der Waals surface area contributed by atoms with Crippen molar-refractivity contribution in [1.29, 1.82) is 0 Å². The Balaban J connectivity index is 3.04. The number of anilines is 1. The molecule has 0 saturated carbocycles. The Kier molecular flexibility index (Phi) is 6.81. The highest BCUT2D eigenvalue weighted by molar-refractivity contribution is 9.10. The number of carbonyl (C=O) groups is 1. The fourth-order valence-electron chi connectivity index (χ4n) is 2.54. The number of carbonyl (C=O) groups excluding carboxylic acids is 1. The Labute approximate surface area is 140 Å². The highest BCUT2D eigenvalue weighted by Gasteiger charge is 2.39. The molecule has 116 valence electrons. The van der Waals surface area contributed by atoms with Crippen LogP contribution >= 0.6 is 28.1 Å². The molecule has 3 nitrogen and oxygen atoms in total. The molecule has 0 spiro atoms. The number of aryl methyl sites for hydroxylation is 1. The van der Waals surface area contributed by atoms with Crippen molar-refractivity contribution in [1.82, 2.24) is 0 Å². The quantitative estimate of drug-likeness (QED) is 0.691. The largest absolute Gasteiger partial charge is 0.392 e. The third kappa shape index (κ3) is 4.27. The van der Waals surface area contributed by atoms with Gasteiger partial charge in [-0.05, 0) is 43.5 Å². The molecule has 1 amide bonds. The summed E-state index contributed by atoms with van der Waals surface area (Å²) in [5.41, 5.74) is 7.01. The van der Waals surface area contributed by atoms with Gasteiger partial charge in [0.25, 0.3) is 0 Å². The van der Waals surface area contributed by atoms with Crippen molar-refractivity contribution in [2.45, 2.75) is 46.5 Å². The minimum atomic E-state index is -0.750. The third-order valence-corrected chi connectivity index (χ3v) is 4.96. The first kappa shape index (κ1) is 18.1. The Morgan fingerprint density at radius 3 is 2.33 bits per heavy atom. The van der Waals surface area contributed by atoms with E-state index in [4.69, 9.17) is 18.0 Å². The van der Waals surface area contributed by atoms with Crippen molar-refractivity contribution < 1.29 is 4.79 Å². The van der Waals surface area contributed by atoms with E-state index in [0.717, 1.165) is 28.6 Å². The van der Waals surface area contributed by atoms with Gasteiger partial charge in [0.1, 0.15) is 0 Å². The normalized spacial score (nSPS) is 11.2. The number of hydrogen-bond acceptors (Lipinski definition) is 2. The number of thiocarbonyl (C=S) groups is 1. The molecule has 0 fully saturated rings. The molecule has 0 bridgehead atoms. The van der Waals surface area contributed by atoms with E-state index in [1.807, 2.05) is 39.0 Å². The van der Waals surface area contributed by atoms with Crippen LogP contribution in [0.15, 0.2) is 22.7 Å². The van der Waals surface area contributed by atoms with Crippen molar-refractivity contribution in [3.8, 4) is 0 Å². The molecule has 0 unspecified atom stereocenters. The average Bonchev–Trinajstić information content (AvgIpc) is 2.42. The van der Waals surface area contributed by atoms with E-state index in [1.54, 1.807) is 0 Å². The van der Waals surface area contributed by atoms with E-state index in [0.29, 0.717) is 12.8 Å². The number of amides is 1. The lowest BCUT2D eigenvalue weighted by molar-refractivity contribution is -0.122. The van der Waals surface area contributed by atoms with Crippen LogP contribution in [0.5, 0.6) is 0 Å². The summed E-state index contributed by atoms with van der Waals surface area (Å²) in [5.74, 6) is -0.0968. The zero-order valence-corrected chi connectivity index (χ0v) is 15.2. The van der Waals surface area contributed by atoms with E-state index < -0.39 is 5.41 Å². The van der Waals surface area contributed by atoms with Crippen LogP contribution in [-0.4, -0.2) is 10.9 Å². The number of halogens is 1. The first-order valence-corrected chi connectivity index (χ1v) is 8.45. The van der Waals surface area contributed by atoms with Gasteiger partial charge in [0.2, 0.25) is 5.91 Å². The molecule has 0 heterocycles. The highest BCUT2D eigenvalue weighted by Crippen LogP contribution is 2.32. The van der Waals surface area contributed by atoms with Gasteiger partial charge in [-0.2, -0.15) is 0 Å². The second-order valence-electron chi connectivity index (χ2n) is 5.36. The Hall–Kier alpha value is -0.940. The van der Waals surface area contributed by atoms with Gasteiger partial charge in [-0.1, -0.05) is 54.8 Å². The van der Waals surface area contributed by atoms with Crippen LogP contribution < -0.4 is 11.1 Å². The van der Waals surface area contributed by atoms with Gasteiger partial charge in [0, 0.05) is 10.2 Å². The molecule has 1 aromatic rings. The maximum absolute atomic E-state index is 12.8. The van der Waals surface area contributed by atoms with Crippen molar-refractivity contribution in [2.24, 2.45) is 11.1 Å². The zero-order valence-electron chi connectivity index (χ0n) is 12.8. The summed E-state index contributed by atoms with van der Waals surface area (Å²) in [5, 5.41) is 2.97. The van der Waals surface area contributed by atoms with Crippen LogP contribution in [0.25, 0.3) is 0 Å². The number of rotatable bonds is 7. The summed E-state index contributed by atoms with van der Waals surface area (Å²) in [6.07, 6.45) is 3.09. The van der Waals surface area contributed by atoms with Gasteiger partial charge in [-0.25, -0.2) is 0 Å². The van der Waals surface area contributed by atoms with Crippen molar-refractivity contribution in [2.75, 3.05) is 5.32 Å². The number of nitrogens with two attached hydrogens (primary N) is 1. The molecule has 0 aromatic heterocycles. The number of hydrogen-bond donors (Lipinski definition) is 2. The predicted octanol–water partition coefficient (Wildman–Crippen LogP) is 4.57.